The van der Waals surface area contributed by atoms with Gasteiger partial charge in [0, 0.05) is 33.2 Å². The van der Waals surface area contributed by atoms with Crippen LogP contribution in [-0.4, -0.2) is 0 Å². The number of fused-ring (bicyclic) bond motifs is 5. The van der Waals surface area contributed by atoms with Crippen molar-refractivity contribution < 1.29 is 22.2 Å². The zero-order valence-corrected chi connectivity index (χ0v) is 31.9. The van der Waals surface area contributed by atoms with Gasteiger partial charge in [0.05, 0.1) is 17.8 Å². The minimum Gasteiger partial charge on any atom is -0.455 e. The summed E-state index contributed by atoms with van der Waals surface area (Å²) in [6.07, 6.45) is 0. The summed E-state index contributed by atoms with van der Waals surface area (Å²) in [5.74, 6) is 0. The summed E-state index contributed by atoms with van der Waals surface area (Å²) in [6, 6.07) is 42.1. The third-order valence-corrected chi connectivity index (χ3v) is 10.7. The molecule has 0 aliphatic carbocycles. The van der Waals surface area contributed by atoms with E-state index in [0.717, 1.165) is 60.5 Å². The van der Waals surface area contributed by atoms with Gasteiger partial charge in [-0.3, -0.25) is 0 Å². The first-order chi connectivity index (χ1) is 35.2. The van der Waals surface area contributed by atoms with E-state index in [0.29, 0.717) is 17.0 Å². The highest BCUT2D eigenvalue weighted by Crippen LogP contribution is 2.43. The first-order valence-corrected chi connectivity index (χ1v) is 19.4. The normalized spacial score (nSPS) is 14.4. The van der Waals surface area contributed by atoms with Crippen molar-refractivity contribution in [3.63, 3.8) is 0 Å². The lowest BCUT2D eigenvalue weighted by Crippen LogP contribution is -2.10. The molecular formula is C58H39NO. The maximum absolute atomic E-state index is 9.67. The van der Waals surface area contributed by atoms with Crippen LogP contribution < -0.4 is 4.90 Å². The number of furan rings is 1. The molecule has 0 spiro atoms. The molecule has 0 saturated carbocycles. The van der Waals surface area contributed by atoms with Crippen LogP contribution in [0.2, 0.25) is 0 Å². The summed E-state index contributed by atoms with van der Waals surface area (Å²) in [5, 5.41) is 3.82. The van der Waals surface area contributed by atoms with E-state index >= 15 is 0 Å². The Morgan fingerprint density at radius 2 is 0.950 bits per heavy atom. The van der Waals surface area contributed by atoms with Gasteiger partial charge >= 0.3 is 0 Å². The van der Waals surface area contributed by atoms with E-state index in [4.69, 9.17) is 16.8 Å². The quantitative estimate of drug-likeness (QED) is 0.153. The zero-order chi connectivity index (χ0) is 51.1. The highest BCUT2D eigenvalue weighted by molar-refractivity contribution is 6.19. The van der Waals surface area contributed by atoms with Gasteiger partial charge in [-0.1, -0.05) is 182 Å². The minimum atomic E-state index is -0.781. The monoisotopic (exact) mass is 778 g/mol. The fraction of sp³-hybridized carbons (Fsp3) is 0. The second-order valence-electron chi connectivity index (χ2n) is 14.3. The molecule has 0 aliphatic rings. The van der Waals surface area contributed by atoms with Crippen LogP contribution in [0.25, 0.3) is 88.3 Å². The van der Waals surface area contributed by atoms with Gasteiger partial charge in [-0.25, -0.2) is 0 Å². The molecule has 11 rings (SSSR count). The van der Waals surface area contributed by atoms with Gasteiger partial charge in [-0.05, 0) is 116 Å². The molecule has 0 bridgehead atoms. The Morgan fingerprint density at radius 1 is 0.350 bits per heavy atom. The molecule has 0 fully saturated rings. The fourth-order valence-electron chi connectivity index (χ4n) is 7.81. The van der Waals surface area contributed by atoms with E-state index in [2.05, 4.69) is 12.1 Å². The Bertz CT molecular complexity index is 3990. The van der Waals surface area contributed by atoms with Crippen molar-refractivity contribution in [1.82, 2.24) is 0 Å². The van der Waals surface area contributed by atoms with Gasteiger partial charge < -0.3 is 9.32 Å². The van der Waals surface area contributed by atoms with E-state index in [9.17, 15) is 5.48 Å². The maximum atomic E-state index is 9.67. The molecule has 11 aromatic rings. The average Bonchev–Trinajstić information content (AvgIpc) is 3.82. The predicted molar refractivity (Wildman–Crippen MR) is 253 cm³/mol. The lowest BCUT2D eigenvalue weighted by atomic mass is 9.97. The van der Waals surface area contributed by atoms with Gasteiger partial charge in [0.15, 0.2) is 0 Å². The van der Waals surface area contributed by atoms with E-state index in [-0.39, 0.29) is 5.69 Å². The minimum absolute atomic E-state index is 0.154. The van der Waals surface area contributed by atoms with Gasteiger partial charge in [-0.2, -0.15) is 0 Å². The van der Waals surface area contributed by atoms with Crippen LogP contribution in [0.1, 0.15) is 17.8 Å². The number of anilines is 3. The predicted octanol–water partition coefficient (Wildman–Crippen LogP) is 16.5. The topological polar surface area (TPSA) is 16.4 Å². The summed E-state index contributed by atoms with van der Waals surface area (Å²) < 4.78 is 123. The molecule has 2 heteroatoms. The van der Waals surface area contributed by atoms with Gasteiger partial charge in [0.2, 0.25) is 0 Å². The maximum Gasteiger partial charge on any atom is 0.143 e. The molecule has 2 nitrogen and oxygen atoms in total. The highest BCUT2D eigenvalue weighted by atomic mass is 16.3. The first kappa shape index (κ1) is 24.1. The van der Waals surface area contributed by atoms with Gasteiger partial charge in [-0.15, -0.1) is 0 Å². The second-order valence-corrected chi connectivity index (χ2v) is 14.3. The van der Waals surface area contributed by atoms with Crippen molar-refractivity contribution in [3.05, 3.63) is 236 Å². The lowest BCUT2D eigenvalue weighted by Gasteiger charge is -2.26. The third-order valence-electron chi connectivity index (χ3n) is 10.7. The summed E-state index contributed by atoms with van der Waals surface area (Å²) in [7, 11) is 0. The molecule has 0 amide bonds. The Labute approximate surface area is 368 Å². The largest absolute Gasteiger partial charge is 0.455 e. The SMILES string of the molecule is [2H]c1c([2H])c([2H])c(-c2c([2H])c([2H])c(-c3c([2H])c([2H])c(N(c4ccc(-c5cccc(-c6ccccc6)c5)cc4)c4cccc(-c5cccc6oc7c8ccccc8ccc7c56)c4)c([2H])c3[2H])c([2H])c2[2H])c([2H])c1[2H]. The Morgan fingerprint density at radius 3 is 1.70 bits per heavy atom. The summed E-state index contributed by atoms with van der Waals surface area (Å²) in [4.78, 5) is 1.63. The number of hydrogen-bond donors (Lipinski definition) is 0. The van der Waals surface area contributed by atoms with Crippen molar-refractivity contribution >= 4 is 49.8 Å². The van der Waals surface area contributed by atoms with E-state index < -0.39 is 101 Å². The molecular weight excluding hydrogens is 727 g/mol. The van der Waals surface area contributed by atoms with E-state index in [1.165, 1.54) is 0 Å². The number of nitrogens with zero attached hydrogens (tertiary/aromatic N) is 1. The Balaban J connectivity index is 1.10. The highest BCUT2D eigenvalue weighted by Gasteiger charge is 2.18. The summed E-state index contributed by atoms with van der Waals surface area (Å²) >= 11 is 0. The standard InChI is InChI=1S/C58H39NO/c1-3-12-40(13-4-1)42-24-26-43(27-25-42)44-28-33-50(34-29-44)59(51-35-30-45(31-36-51)48-18-9-17-47(38-48)41-14-5-2-6-15-41)52-20-10-19-49(39-52)53-22-11-23-56-57(53)55-37-32-46-16-7-8-21-54(46)58(55)60-56/h1-39H/i1D,3D,4D,12D,13D,24D,25D,26D,27D,28D,29D,33D,34D. The summed E-state index contributed by atoms with van der Waals surface area (Å²) in [6.45, 7) is 0. The van der Waals surface area contributed by atoms with Crippen LogP contribution in [0.4, 0.5) is 17.1 Å². The van der Waals surface area contributed by atoms with Crippen LogP contribution in [0.15, 0.2) is 241 Å². The third kappa shape index (κ3) is 6.51. The van der Waals surface area contributed by atoms with Crippen molar-refractivity contribution in [1.29, 1.82) is 0 Å². The van der Waals surface area contributed by atoms with Crippen molar-refractivity contribution in [2.75, 3.05) is 4.90 Å². The molecule has 0 unspecified atom stereocenters. The van der Waals surface area contributed by atoms with Crippen LogP contribution >= 0.6 is 0 Å². The molecule has 60 heavy (non-hydrogen) atoms. The van der Waals surface area contributed by atoms with Gasteiger partial charge in [0.1, 0.15) is 11.2 Å². The van der Waals surface area contributed by atoms with E-state index in [1.807, 2.05) is 146 Å². The van der Waals surface area contributed by atoms with Crippen LogP contribution in [0, 0.1) is 0 Å². The average molecular weight is 779 g/mol. The van der Waals surface area contributed by atoms with Gasteiger partial charge in [0.25, 0.3) is 0 Å². The Hall–Kier alpha value is -7.94. The first-order valence-electron chi connectivity index (χ1n) is 25.9. The summed E-state index contributed by atoms with van der Waals surface area (Å²) in [5.41, 5.74) is 5.64. The van der Waals surface area contributed by atoms with Crippen molar-refractivity contribution in [3.8, 4) is 55.6 Å². The molecule has 0 N–H and O–H groups in total. The number of rotatable bonds is 8. The van der Waals surface area contributed by atoms with Crippen LogP contribution in [0.5, 0.6) is 0 Å². The molecule has 0 aliphatic heterocycles. The second kappa shape index (κ2) is 15.1. The van der Waals surface area contributed by atoms with Crippen molar-refractivity contribution in [2.45, 2.75) is 0 Å². The number of benzene rings is 10. The fourth-order valence-corrected chi connectivity index (χ4v) is 7.81. The lowest BCUT2D eigenvalue weighted by molar-refractivity contribution is 0.673. The molecule has 282 valence electrons. The molecule has 1 heterocycles. The molecule has 0 atom stereocenters. The molecule has 0 radical (unpaired) electrons. The smallest absolute Gasteiger partial charge is 0.143 e. The van der Waals surface area contributed by atoms with Crippen LogP contribution in [-0.2, 0) is 0 Å². The van der Waals surface area contributed by atoms with E-state index in [1.54, 1.807) is 4.90 Å². The molecule has 0 saturated heterocycles. The van der Waals surface area contributed by atoms with Crippen LogP contribution in [0.3, 0.4) is 0 Å². The number of hydrogen-bond acceptors (Lipinski definition) is 2. The zero-order valence-electron chi connectivity index (χ0n) is 44.9. The molecule has 10 aromatic carbocycles. The molecule has 1 aromatic heterocycles. The Kier molecular flexibility index (Phi) is 6.06. The van der Waals surface area contributed by atoms with Crippen molar-refractivity contribution in [2.24, 2.45) is 0 Å².